The van der Waals surface area contributed by atoms with E-state index < -0.39 is 0 Å². The van der Waals surface area contributed by atoms with Crippen LogP contribution in [0, 0.1) is 17.2 Å². The molecule has 2 unspecified atom stereocenters. The molecule has 1 aromatic rings. The molecule has 1 aliphatic carbocycles. The Kier molecular flexibility index (Phi) is 6.60. The fourth-order valence-electron chi connectivity index (χ4n) is 3.23. The van der Waals surface area contributed by atoms with Crippen LogP contribution in [0.2, 0.25) is 0 Å². The van der Waals surface area contributed by atoms with Crippen LogP contribution >= 0.6 is 11.8 Å². The summed E-state index contributed by atoms with van der Waals surface area (Å²) in [6.07, 6.45) is 5.67. The molecule has 0 radical (unpaired) electrons. The normalized spacial score (nSPS) is 24.9. The summed E-state index contributed by atoms with van der Waals surface area (Å²) in [5.74, 6) is 2.75. The molecular formula is C18H26N2S. The summed E-state index contributed by atoms with van der Waals surface area (Å²) in [4.78, 5) is 0. The van der Waals surface area contributed by atoms with Gasteiger partial charge in [0, 0.05) is 5.75 Å². The second kappa shape index (κ2) is 8.46. The summed E-state index contributed by atoms with van der Waals surface area (Å²) in [7, 11) is 0. The van der Waals surface area contributed by atoms with E-state index in [1.807, 2.05) is 11.8 Å². The zero-order valence-electron chi connectivity index (χ0n) is 13.0. The molecule has 0 amide bonds. The van der Waals surface area contributed by atoms with Crippen molar-refractivity contribution < 1.29 is 0 Å². The number of benzene rings is 1. The van der Waals surface area contributed by atoms with E-state index in [4.69, 9.17) is 0 Å². The molecule has 1 fully saturated rings. The van der Waals surface area contributed by atoms with Gasteiger partial charge in [-0.05, 0) is 49.5 Å². The minimum atomic E-state index is -0.247. The fourth-order valence-corrected chi connectivity index (χ4v) is 4.25. The van der Waals surface area contributed by atoms with E-state index in [-0.39, 0.29) is 5.54 Å². The average Bonchev–Trinajstić information content (AvgIpc) is 2.94. The second-order valence-corrected chi connectivity index (χ2v) is 7.03. The largest absolute Gasteiger partial charge is 0.299 e. The maximum atomic E-state index is 9.63. The van der Waals surface area contributed by atoms with Crippen LogP contribution in [0.1, 0.15) is 44.6 Å². The average molecular weight is 302 g/mol. The summed E-state index contributed by atoms with van der Waals surface area (Å²) in [5, 5.41) is 13.2. The fraction of sp³-hybridized carbons (Fsp3) is 0.611. The molecule has 0 heterocycles. The molecule has 2 nitrogen and oxygen atoms in total. The highest BCUT2D eigenvalue weighted by atomic mass is 32.2. The van der Waals surface area contributed by atoms with Gasteiger partial charge in [-0.25, -0.2) is 0 Å². The number of hydrogen-bond acceptors (Lipinski definition) is 3. The first-order valence-electron chi connectivity index (χ1n) is 8.08. The molecule has 0 bridgehead atoms. The number of nitriles is 1. The van der Waals surface area contributed by atoms with E-state index in [1.54, 1.807) is 0 Å². The highest BCUT2D eigenvalue weighted by Crippen LogP contribution is 2.38. The van der Waals surface area contributed by atoms with E-state index in [9.17, 15) is 5.26 Å². The van der Waals surface area contributed by atoms with Crippen LogP contribution in [-0.2, 0) is 5.75 Å². The molecule has 3 heteroatoms. The van der Waals surface area contributed by atoms with Crippen molar-refractivity contribution in [2.75, 3.05) is 12.3 Å². The lowest BCUT2D eigenvalue weighted by molar-refractivity contribution is 0.311. The van der Waals surface area contributed by atoms with E-state index in [1.165, 1.54) is 18.4 Å². The molecular weight excluding hydrogens is 276 g/mol. The van der Waals surface area contributed by atoms with Gasteiger partial charge in [0.15, 0.2) is 0 Å². The van der Waals surface area contributed by atoms with Gasteiger partial charge >= 0.3 is 0 Å². The zero-order valence-corrected chi connectivity index (χ0v) is 13.8. The number of rotatable bonds is 8. The van der Waals surface area contributed by atoms with Crippen molar-refractivity contribution in [3.8, 4) is 6.07 Å². The van der Waals surface area contributed by atoms with Crippen LogP contribution in [0.4, 0.5) is 0 Å². The molecule has 2 atom stereocenters. The molecule has 0 spiro atoms. The summed E-state index contributed by atoms with van der Waals surface area (Å²) < 4.78 is 0. The quantitative estimate of drug-likeness (QED) is 0.724. The first-order valence-corrected chi connectivity index (χ1v) is 9.24. The monoisotopic (exact) mass is 302 g/mol. The molecule has 2 rings (SSSR count). The van der Waals surface area contributed by atoms with E-state index in [0.717, 1.165) is 37.3 Å². The highest BCUT2D eigenvalue weighted by molar-refractivity contribution is 7.98. The van der Waals surface area contributed by atoms with Crippen LogP contribution in [0.15, 0.2) is 30.3 Å². The van der Waals surface area contributed by atoms with Gasteiger partial charge < -0.3 is 0 Å². The van der Waals surface area contributed by atoms with Gasteiger partial charge in [-0.15, -0.1) is 0 Å². The van der Waals surface area contributed by atoms with E-state index >= 15 is 0 Å². The third kappa shape index (κ3) is 4.49. The maximum absolute atomic E-state index is 9.63. The molecule has 0 saturated heterocycles. The molecule has 1 aliphatic rings. The number of thioether (sulfide) groups is 1. The lowest BCUT2D eigenvalue weighted by Crippen LogP contribution is -2.47. The van der Waals surface area contributed by atoms with Crippen LogP contribution < -0.4 is 5.32 Å². The Morgan fingerprint density at radius 3 is 2.90 bits per heavy atom. The van der Waals surface area contributed by atoms with Crippen LogP contribution in [0.5, 0.6) is 0 Å². The summed E-state index contributed by atoms with van der Waals surface area (Å²) in [6.45, 7) is 3.12. The van der Waals surface area contributed by atoms with Crippen molar-refractivity contribution in [3.05, 3.63) is 35.9 Å². The maximum Gasteiger partial charge on any atom is 0.109 e. The van der Waals surface area contributed by atoms with Gasteiger partial charge in [0.05, 0.1) is 6.07 Å². The van der Waals surface area contributed by atoms with E-state index in [0.29, 0.717) is 5.92 Å². The molecule has 0 aromatic heterocycles. The topological polar surface area (TPSA) is 35.8 Å². The van der Waals surface area contributed by atoms with Crippen LogP contribution in [-0.4, -0.2) is 17.8 Å². The smallest absolute Gasteiger partial charge is 0.109 e. The SMILES string of the molecule is CCCNC1(C#N)CCCC1CCSCc1ccccc1. The Labute approximate surface area is 133 Å². The van der Waals surface area contributed by atoms with Gasteiger partial charge in [-0.2, -0.15) is 17.0 Å². The second-order valence-electron chi connectivity index (χ2n) is 5.93. The zero-order chi connectivity index (χ0) is 15.0. The summed E-state index contributed by atoms with van der Waals surface area (Å²) >= 11 is 1.99. The van der Waals surface area contributed by atoms with Gasteiger partial charge in [0.2, 0.25) is 0 Å². The van der Waals surface area contributed by atoms with Crippen molar-refractivity contribution in [2.45, 2.75) is 50.3 Å². The van der Waals surface area contributed by atoms with Gasteiger partial charge in [0.25, 0.3) is 0 Å². The Morgan fingerprint density at radius 1 is 1.38 bits per heavy atom. The molecule has 1 saturated carbocycles. The minimum absolute atomic E-state index is 0.247. The van der Waals surface area contributed by atoms with Gasteiger partial charge in [0.1, 0.15) is 5.54 Å². The number of nitrogens with zero attached hydrogens (tertiary/aromatic N) is 1. The Hall–Kier alpha value is -0.980. The predicted molar refractivity (Wildman–Crippen MR) is 91.2 cm³/mol. The summed E-state index contributed by atoms with van der Waals surface area (Å²) in [6, 6.07) is 13.2. The first kappa shape index (κ1) is 16.4. The van der Waals surface area contributed by atoms with Crippen molar-refractivity contribution in [2.24, 2.45) is 5.92 Å². The first-order chi connectivity index (χ1) is 10.3. The van der Waals surface area contributed by atoms with Gasteiger partial charge in [-0.1, -0.05) is 43.7 Å². The minimum Gasteiger partial charge on any atom is -0.299 e. The van der Waals surface area contributed by atoms with Crippen LogP contribution in [0.3, 0.4) is 0 Å². The van der Waals surface area contributed by atoms with Crippen molar-refractivity contribution in [1.82, 2.24) is 5.32 Å². The Balaban J connectivity index is 1.77. The van der Waals surface area contributed by atoms with Gasteiger partial charge in [-0.3, -0.25) is 5.32 Å². The van der Waals surface area contributed by atoms with Crippen molar-refractivity contribution in [3.63, 3.8) is 0 Å². The molecule has 114 valence electrons. The van der Waals surface area contributed by atoms with E-state index in [2.05, 4.69) is 48.6 Å². The number of nitrogens with one attached hydrogen (secondary N) is 1. The Morgan fingerprint density at radius 2 is 2.19 bits per heavy atom. The molecule has 21 heavy (non-hydrogen) atoms. The molecule has 1 N–H and O–H groups in total. The lowest BCUT2D eigenvalue weighted by Gasteiger charge is -2.30. The highest BCUT2D eigenvalue weighted by Gasteiger charge is 2.42. The van der Waals surface area contributed by atoms with Crippen molar-refractivity contribution >= 4 is 11.8 Å². The lowest BCUT2D eigenvalue weighted by atomic mass is 9.86. The molecule has 0 aliphatic heterocycles. The van der Waals surface area contributed by atoms with Crippen molar-refractivity contribution in [1.29, 1.82) is 5.26 Å². The summed E-state index contributed by atoms with van der Waals surface area (Å²) in [5.41, 5.74) is 1.15. The Bertz CT molecular complexity index is 454. The predicted octanol–water partition coefficient (Wildman–Crippen LogP) is 4.37. The third-order valence-corrected chi connectivity index (χ3v) is 5.49. The number of hydrogen-bond donors (Lipinski definition) is 1. The molecule has 1 aromatic carbocycles. The third-order valence-electron chi connectivity index (χ3n) is 4.43. The van der Waals surface area contributed by atoms with Crippen LogP contribution in [0.25, 0.3) is 0 Å². The standard InChI is InChI=1S/C18H26N2S/c1-2-12-20-18(15-19)11-6-9-17(18)10-13-21-14-16-7-4-3-5-8-16/h3-5,7-8,17,20H,2,6,9-14H2,1H3.